The van der Waals surface area contributed by atoms with Crippen LogP contribution in [0.25, 0.3) is 9.40 Å². The Labute approximate surface area is 98.1 Å². The summed E-state index contributed by atoms with van der Waals surface area (Å²) < 4.78 is 2.76. The average Bonchev–Trinajstić information content (AvgIpc) is 2.79. The quantitative estimate of drug-likeness (QED) is 0.618. The molecular formula is C11H16N2S2. The first kappa shape index (κ1) is 11.1. The third kappa shape index (κ3) is 2.39. The fourth-order valence-corrected chi connectivity index (χ4v) is 3.89. The number of nitrogens with two attached hydrogens (primary N) is 1. The largest absolute Gasteiger partial charge is 0.271 e. The highest BCUT2D eigenvalue weighted by Crippen LogP contribution is 2.34. The van der Waals surface area contributed by atoms with Crippen LogP contribution in [0.15, 0.2) is 17.5 Å². The van der Waals surface area contributed by atoms with Crippen molar-refractivity contribution < 1.29 is 0 Å². The Hall–Kier alpha value is -0.420. The van der Waals surface area contributed by atoms with E-state index in [1.54, 1.807) is 11.3 Å². The Bertz CT molecular complexity index is 390. The SMILES string of the molecule is CCCCC(NN)c1cc2sccc2s1. The summed E-state index contributed by atoms with van der Waals surface area (Å²) in [6.45, 7) is 2.21. The van der Waals surface area contributed by atoms with Crippen LogP contribution in [0.3, 0.4) is 0 Å². The molecule has 0 saturated carbocycles. The van der Waals surface area contributed by atoms with Crippen LogP contribution in [0.4, 0.5) is 0 Å². The Kier molecular flexibility index (Phi) is 3.75. The van der Waals surface area contributed by atoms with E-state index in [4.69, 9.17) is 5.84 Å². The number of fused-ring (bicyclic) bond motifs is 1. The van der Waals surface area contributed by atoms with Crippen molar-refractivity contribution in [3.63, 3.8) is 0 Å². The molecular weight excluding hydrogens is 224 g/mol. The lowest BCUT2D eigenvalue weighted by atomic mass is 10.1. The van der Waals surface area contributed by atoms with E-state index in [1.807, 2.05) is 11.3 Å². The van der Waals surface area contributed by atoms with Crippen LogP contribution in [0.1, 0.15) is 37.1 Å². The molecule has 0 fully saturated rings. The van der Waals surface area contributed by atoms with Crippen molar-refractivity contribution in [3.8, 4) is 0 Å². The third-order valence-corrected chi connectivity index (χ3v) is 4.76. The maximum Gasteiger partial charge on any atom is 0.0554 e. The van der Waals surface area contributed by atoms with Gasteiger partial charge in [-0.3, -0.25) is 11.3 Å². The van der Waals surface area contributed by atoms with Gasteiger partial charge >= 0.3 is 0 Å². The van der Waals surface area contributed by atoms with Crippen molar-refractivity contribution in [1.29, 1.82) is 0 Å². The monoisotopic (exact) mass is 240 g/mol. The van der Waals surface area contributed by atoms with Gasteiger partial charge in [0, 0.05) is 14.3 Å². The van der Waals surface area contributed by atoms with E-state index in [-0.39, 0.29) is 0 Å². The van der Waals surface area contributed by atoms with E-state index in [1.165, 1.54) is 27.1 Å². The lowest BCUT2D eigenvalue weighted by molar-refractivity contribution is 0.502. The normalized spacial score (nSPS) is 13.5. The molecule has 2 rings (SSSR count). The van der Waals surface area contributed by atoms with Crippen LogP contribution in [0.5, 0.6) is 0 Å². The Morgan fingerprint density at radius 1 is 1.47 bits per heavy atom. The highest BCUT2D eigenvalue weighted by atomic mass is 32.1. The minimum absolute atomic E-state index is 0.328. The first-order valence-corrected chi connectivity index (χ1v) is 6.97. The molecule has 2 aromatic rings. The van der Waals surface area contributed by atoms with Crippen LogP contribution >= 0.6 is 22.7 Å². The molecule has 0 saturated heterocycles. The molecule has 82 valence electrons. The summed E-state index contributed by atoms with van der Waals surface area (Å²) in [5.74, 6) is 5.60. The molecule has 0 spiro atoms. The van der Waals surface area contributed by atoms with Gasteiger partial charge in [-0.2, -0.15) is 0 Å². The number of hydrogen-bond donors (Lipinski definition) is 2. The van der Waals surface area contributed by atoms with Crippen LogP contribution in [0.2, 0.25) is 0 Å². The number of unbranched alkanes of at least 4 members (excludes halogenated alkanes) is 1. The highest BCUT2D eigenvalue weighted by molar-refractivity contribution is 7.26. The van der Waals surface area contributed by atoms with Gasteiger partial charge in [0.05, 0.1) is 6.04 Å². The van der Waals surface area contributed by atoms with E-state index >= 15 is 0 Å². The molecule has 15 heavy (non-hydrogen) atoms. The van der Waals surface area contributed by atoms with Crippen LogP contribution in [-0.2, 0) is 0 Å². The molecule has 2 nitrogen and oxygen atoms in total. The van der Waals surface area contributed by atoms with Gasteiger partial charge in [0.2, 0.25) is 0 Å². The van der Waals surface area contributed by atoms with Crippen LogP contribution < -0.4 is 11.3 Å². The Morgan fingerprint density at radius 3 is 3.00 bits per heavy atom. The fraction of sp³-hybridized carbons (Fsp3) is 0.455. The summed E-state index contributed by atoms with van der Waals surface area (Å²) >= 11 is 3.66. The average molecular weight is 240 g/mol. The van der Waals surface area contributed by atoms with Crippen LogP contribution in [-0.4, -0.2) is 0 Å². The second-order valence-corrected chi connectivity index (χ2v) is 5.72. The smallest absolute Gasteiger partial charge is 0.0554 e. The summed E-state index contributed by atoms with van der Waals surface area (Å²) in [5.41, 5.74) is 2.92. The zero-order chi connectivity index (χ0) is 10.7. The van der Waals surface area contributed by atoms with Crippen LogP contribution in [0, 0.1) is 0 Å². The second kappa shape index (κ2) is 5.07. The minimum atomic E-state index is 0.328. The van der Waals surface area contributed by atoms with E-state index in [2.05, 4.69) is 29.9 Å². The van der Waals surface area contributed by atoms with Gasteiger partial charge < -0.3 is 0 Å². The van der Waals surface area contributed by atoms with Crippen molar-refractivity contribution in [2.75, 3.05) is 0 Å². The van der Waals surface area contributed by atoms with Gasteiger partial charge in [-0.1, -0.05) is 19.8 Å². The number of rotatable bonds is 5. The molecule has 4 heteroatoms. The first-order chi connectivity index (χ1) is 7.35. The molecule has 0 aliphatic rings. The predicted molar refractivity (Wildman–Crippen MR) is 69.3 cm³/mol. The lowest BCUT2D eigenvalue weighted by Gasteiger charge is -2.12. The van der Waals surface area contributed by atoms with Gasteiger partial charge in [0.15, 0.2) is 0 Å². The minimum Gasteiger partial charge on any atom is -0.271 e. The fourth-order valence-electron chi connectivity index (χ4n) is 1.67. The van der Waals surface area contributed by atoms with Crippen molar-refractivity contribution in [2.45, 2.75) is 32.2 Å². The molecule has 3 N–H and O–H groups in total. The van der Waals surface area contributed by atoms with E-state index in [0.29, 0.717) is 6.04 Å². The van der Waals surface area contributed by atoms with Crippen molar-refractivity contribution >= 4 is 32.1 Å². The van der Waals surface area contributed by atoms with Crippen molar-refractivity contribution in [1.82, 2.24) is 5.43 Å². The molecule has 0 aliphatic heterocycles. The molecule has 1 atom stereocenters. The van der Waals surface area contributed by atoms with Gasteiger partial charge in [-0.05, 0) is 23.9 Å². The van der Waals surface area contributed by atoms with E-state index in [0.717, 1.165) is 6.42 Å². The highest BCUT2D eigenvalue weighted by Gasteiger charge is 2.12. The summed E-state index contributed by atoms with van der Waals surface area (Å²) in [5, 5.41) is 2.14. The standard InChI is InChI=1S/C11H16N2S2/c1-2-3-4-8(13-12)10-7-11-9(15-10)5-6-14-11/h5-8,13H,2-4,12H2,1H3. The molecule has 0 bridgehead atoms. The predicted octanol–water partition coefficient (Wildman–Crippen LogP) is 3.66. The Balaban J connectivity index is 2.16. The molecule has 0 amide bonds. The number of hydrazine groups is 1. The number of nitrogens with one attached hydrogen (secondary N) is 1. The van der Waals surface area contributed by atoms with E-state index in [9.17, 15) is 0 Å². The van der Waals surface area contributed by atoms with Gasteiger partial charge in [-0.15, -0.1) is 22.7 Å². The van der Waals surface area contributed by atoms with Crippen molar-refractivity contribution in [3.05, 3.63) is 22.4 Å². The number of hydrogen-bond acceptors (Lipinski definition) is 4. The topological polar surface area (TPSA) is 38.0 Å². The van der Waals surface area contributed by atoms with Gasteiger partial charge in [0.1, 0.15) is 0 Å². The maximum absolute atomic E-state index is 5.60. The molecule has 2 heterocycles. The van der Waals surface area contributed by atoms with Gasteiger partial charge in [0.25, 0.3) is 0 Å². The lowest BCUT2D eigenvalue weighted by Crippen LogP contribution is -2.27. The molecule has 0 aromatic carbocycles. The molecule has 1 unspecified atom stereocenters. The number of thiophene rings is 2. The zero-order valence-corrected chi connectivity index (χ0v) is 10.5. The van der Waals surface area contributed by atoms with Gasteiger partial charge in [-0.25, -0.2) is 0 Å². The third-order valence-electron chi connectivity index (χ3n) is 2.55. The summed E-state index contributed by atoms with van der Waals surface area (Å²) in [4.78, 5) is 1.37. The summed E-state index contributed by atoms with van der Waals surface area (Å²) in [7, 11) is 0. The van der Waals surface area contributed by atoms with Crippen molar-refractivity contribution in [2.24, 2.45) is 5.84 Å². The molecule has 0 radical (unpaired) electrons. The summed E-state index contributed by atoms with van der Waals surface area (Å²) in [6.07, 6.45) is 3.57. The summed E-state index contributed by atoms with van der Waals surface area (Å²) in [6, 6.07) is 4.78. The van der Waals surface area contributed by atoms with E-state index < -0.39 is 0 Å². The maximum atomic E-state index is 5.60. The molecule has 2 aromatic heterocycles. The molecule has 0 aliphatic carbocycles. The first-order valence-electron chi connectivity index (χ1n) is 5.28. The Morgan fingerprint density at radius 2 is 2.33 bits per heavy atom. The second-order valence-electron chi connectivity index (χ2n) is 3.66. The zero-order valence-electron chi connectivity index (χ0n) is 8.82.